The Hall–Kier alpha value is -1.84. The smallest absolute Gasteiger partial charge is 0.286 e. The van der Waals surface area contributed by atoms with Crippen molar-refractivity contribution in [1.29, 1.82) is 0 Å². The van der Waals surface area contributed by atoms with Gasteiger partial charge in [0.2, 0.25) is 5.90 Å². The van der Waals surface area contributed by atoms with Crippen molar-refractivity contribution < 1.29 is 14.3 Å². The summed E-state index contributed by atoms with van der Waals surface area (Å²) in [6, 6.07) is 7.28. The first-order valence-corrected chi connectivity index (χ1v) is 4.19. The van der Waals surface area contributed by atoms with E-state index in [9.17, 15) is 4.79 Å². The van der Waals surface area contributed by atoms with Gasteiger partial charge in [-0.3, -0.25) is 4.79 Å². The standard InChI is InChI=1S/C10H9NO3/c1-13-8-5-3-2-4-7(8)10-11-9(12)6-14-10/h2-5H,6H2,1H3. The maximum Gasteiger partial charge on any atom is 0.286 e. The van der Waals surface area contributed by atoms with Crippen molar-refractivity contribution in [2.75, 3.05) is 13.7 Å². The molecule has 0 radical (unpaired) electrons. The zero-order valence-electron chi connectivity index (χ0n) is 7.69. The van der Waals surface area contributed by atoms with E-state index >= 15 is 0 Å². The van der Waals surface area contributed by atoms with Crippen LogP contribution in [0.2, 0.25) is 0 Å². The molecule has 0 bridgehead atoms. The SMILES string of the molecule is COc1ccccc1C1=NC(=O)CO1. The molecule has 1 aromatic rings. The van der Waals surface area contributed by atoms with E-state index in [1.807, 2.05) is 12.1 Å². The van der Waals surface area contributed by atoms with Crippen LogP contribution in [0.4, 0.5) is 0 Å². The van der Waals surface area contributed by atoms with E-state index in [1.54, 1.807) is 19.2 Å². The predicted molar refractivity (Wildman–Crippen MR) is 50.5 cm³/mol. The van der Waals surface area contributed by atoms with Crippen LogP contribution >= 0.6 is 0 Å². The lowest BCUT2D eigenvalue weighted by Gasteiger charge is -2.06. The molecule has 1 aliphatic heterocycles. The van der Waals surface area contributed by atoms with E-state index in [2.05, 4.69) is 4.99 Å². The van der Waals surface area contributed by atoms with E-state index in [0.717, 1.165) is 0 Å². The molecule has 0 saturated heterocycles. The number of rotatable bonds is 2. The molecule has 0 aliphatic carbocycles. The van der Waals surface area contributed by atoms with Gasteiger partial charge in [0, 0.05) is 0 Å². The van der Waals surface area contributed by atoms with Gasteiger partial charge in [0.25, 0.3) is 5.91 Å². The van der Waals surface area contributed by atoms with Gasteiger partial charge in [-0.1, -0.05) is 12.1 Å². The number of hydrogen-bond donors (Lipinski definition) is 0. The Bertz CT molecular complexity index is 398. The largest absolute Gasteiger partial charge is 0.496 e. The molecule has 0 atom stereocenters. The average molecular weight is 191 g/mol. The molecule has 1 aliphatic rings. The first kappa shape index (κ1) is 8.74. The molecule has 0 spiro atoms. The first-order valence-electron chi connectivity index (χ1n) is 4.19. The van der Waals surface area contributed by atoms with Crippen LogP contribution in [0.1, 0.15) is 5.56 Å². The fourth-order valence-corrected chi connectivity index (χ4v) is 1.27. The molecule has 14 heavy (non-hydrogen) atoms. The van der Waals surface area contributed by atoms with Crippen LogP contribution in [-0.2, 0) is 9.53 Å². The van der Waals surface area contributed by atoms with E-state index in [0.29, 0.717) is 17.2 Å². The summed E-state index contributed by atoms with van der Waals surface area (Å²) in [6.45, 7) is 0.0212. The molecule has 1 aromatic carbocycles. The Kier molecular flexibility index (Phi) is 2.18. The summed E-state index contributed by atoms with van der Waals surface area (Å²) in [7, 11) is 1.57. The van der Waals surface area contributed by atoms with Gasteiger partial charge in [-0.25, -0.2) is 0 Å². The number of hydrogen-bond acceptors (Lipinski definition) is 3. The Morgan fingerprint density at radius 3 is 2.86 bits per heavy atom. The average Bonchev–Trinajstić information content (AvgIpc) is 2.65. The molecule has 0 aromatic heterocycles. The fraction of sp³-hybridized carbons (Fsp3) is 0.200. The molecule has 0 fully saturated rings. The van der Waals surface area contributed by atoms with Gasteiger partial charge >= 0.3 is 0 Å². The number of nitrogens with zero attached hydrogens (tertiary/aromatic N) is 1. The second-order valence-electron chi connectivity index (χ2n) is 2.80. The fourth-order valence-electron chi connectivity index (χ4n) is 1.27. The molecule has 72 valence electrons. The second kappa shape index (κ2) is 3.49. The van der Waals surface area contributed by atoms with Gasteiger partial charge in [-0.2, -0.15) is 4.99 Å². The zero-order valence-corrected chi connectivity index (χ0v) is 7.69. The van der Waals surface area contributed by atoms with Crippen LogP contribution in [0, 0.1) is 0 Å². The maximum atomic E-state index is 10.9. The van der Waals surface area contributed by atoms with Crippen molar-refractivity contribution in [1.82, 2.24) is 0 Å². The number of ether oxygens (including phenoxy) is 2. The Labute approximate surface area is 81.2 Å². The van der Waals surface area contributed by atoms with Crippen LogP contribution in [0.3, 0.4) is 0 Å². The summed E-state index contributed by atoms with van der Waals surface area (Å²) in [5, 5.41) is 0. The first-order chi connectivity index (χ1) is 6.81. The number of aliphatic imine (C=N–C) groups is 1. The van der Waals surface area contributed by atoms with Gasteiger partial charge < -0.3 is 9.47 Å². The summed E-state index contributed by atoms with van der Waals surface area (Å²) in [6.07, 6.45) is 0. The summed E-state index contributed by atoms with van der Waals surface area (Å²) in [5.41, 5.74) is 0.709. The monoisotopic (exact) mass is 191 g/mol. The van der Waals surface area contributed by atoms with Gasteiger partial charge in [-0.05, 0) is 12.1 Å². The van der Waals surface area contributed by atoms with Crippen molar-refractivity contribution in [2.45, 2.75) is 0 Å². The van der Waals surface area contributed by atoms with Gasteiger partial charge in [0.05, 0.1) is 12.7 Å². The summed E-state index contributed by atoms with van der Waals surface area (Å²) in [5.74, 6) is 0.735. The molecule has 0 unspecified atom stereocenters. The molecule has 1 heterocycles. The number of benzene rings is 1. The van der Waals surface area contributed by atoms with Crippen molar-refractivity contribution >= 4 is 11.8 Å². The minimum absolute atomic E-state index is 0.0212. The predicted octanol–water partition coefficient (Wildman–Crippen LogP) is 0.999. The van der Waals surface area contributed by atoms with E-state index in [1.165, 1.54) is 0 Å². The van der Waals surface area contributed by atoms with Crippen LogP contribution < -0.4 is 4.74 Å². The van der Waals surface area contributed by atoms with Crippen LogP contribution in [0.15, 0.2) is 29.3 Å². The van der Waals surface area contributed by atoms with Gasteiger partial charge in [-0.15, -0.1) is 0 Å². The molecule has 0 N–H and O–H groups in total. The number of carbonyl (C=O) groups excluding carboxylic acids is 1. The summed E-state index contributed by atoms with van der Waals surface area (Å²) >= 11 is 0. The highest BCUT2D eigenvalue weighted by atomic mass is 16.5. The van der Waals surface area contributed by atoms with Crippen molar-refractivity contribution in [3.05, 3.63) is 29.8 Å². The van der Waals surface area contributed by atoms with E-state index in [-0.39, 0.29) is 12.5 Å². The van der Waals surface area contributed by atoms with Crippen molar-refractivity contribution in [3.63, 3.8) is 0 Å². The highest BCUT2D eigenvalue weighted by molar-refractivity contribution is 6.07. The molecule has 4 nitrogen and oxygen atoms in total. The minimum atomic E-state index is -0.258. The van der Waals surface area contributed by atoms with Crippen LogP contribution in [-0.4, -0.2) is 25.5 Å². The highest BCUT2D eigenvalue weighted by Gasteiger charge is 2.19. The normalized spacial score (nSPS) is 14.9. The van der Waals surface area contributed by atoms with Gasteiger partial charge in [0.1, 0.15) is 5.75 Å². The number of carbonyl (C=O) groups is 1. The Morgan fingerprint density at radius 1 is 1.43 bits per heavy atom. The molecular weight excluding hydrogens is 182 g/mol. The van der Waals surface area contributed by atoms with E-state index < -0.39 is 0 Å². The number of methoxy groups -OCH3 is 1. The lowest BCUT2D eigenvalue weighted by atomic mass is 10.2. The zero-order chi connectivity index (χ0) is 9.97. The topological polar surface area (TPSA) is 47.9 Å². The molecular formula is C10H9NO3. The second-order valence-corrected chi connectivity index (χ2v) is 2.80. The van der Waals surface area contributed by atoms with Crippen molar-refractivity contribution in [3.8, 4) is 5.75 Å². The molecule has 2 rings (SSSR count). The number of para-hydroxylation sites is 1. The third-order valence-corrected chi connectivity index (χ3v) is 1.90. The molecule has 1 amide bonds. The maximum absolute atomic E-state index is 10.9. The highest BCUT2D eigenvalue weighted by Crippen LogP contribution is 2.20. The molecule has 0 saturated carbocycles. The lowest BCUT2D eigenvalue weighted by molar-refractivity contribution is -0.118. The molecule has 4 heteroatoms. The summed E-state index contributed by atoms with van der Waals surface area (Å²) < 4.78 is 10.2. The van der Waals surface area contributed by atoms with Crippen molar-refractivity contribution in [2.24, 2.45) is 4.99 Å². The third-order valence-electron chi connectivity index (χ3n) is 1.90. The van der Waals surface area contributed by atoms with Gasteiger partial charge in [0.15, 0.2) is 6.61 Å². The van der Waals surface area contributed by atoms with E-state index in [4.69, 9.17) is 9.47 Å². The Morgan fingerprint density at radius 2 is 2.21 bits per heavy atom. The number of amides is 1. The lowest BCUT2D eigenvalue weighted by Crippen LogP contribution is -2.03. The third kappa shape index (κ3) is 1.46. The summed E-state index contributed by atoms with van der Waals surface area (Å²) in [4.78, 5) is 14.6. The minimum Gasteiger partial charge on any atom is -0.496 e. The quantitative estimate of drug-likeness (QED) is 0.700. The van der Waals surface area contributed by atoms with Crippen LogP contribution in [0.25, 0.3) is 0 Å². The van der Waals surface area contributed by atoms with Crippen LogP contribution in [0.5, 0.6) is 5.75 Å². The Balaban J connectivity index is 2.41.